The van der Waals surface area contributed by atoms with Gasteiger partial charge in [0.05, 0.1) is 16.3 Å². The van der Waals surface area contributed by atoms with Crippen molar-refractivity contribution < 1.29 is 18.3 Å². The van der Waals surface area contributed by atoms with Crippen molar-refractivity contribution in [1.82, 2.24) is 9.55 Å². The van der Waals surface area contributed by atoms with Crippen LogP contribution in [0.5, 0.6) is 5.75 Å². The molecule has 1 unspecified atom stereocenters. The van der Waals surface area contributed by atoms with Crippen molar-refractivity contribution in [1.29, 1.82) is 0 Å². The number of thioether (sulfide) groups is 1. The summed E-state index contributed by atoms with van der Waals surface area (Å²) in [6.45, 7) is -1.35. The predicted octanol–water partition coefficient (Wildman–Crippen LogP) is 5.44. The molecule has 32 heavy (non-hydrogen) atoms. The molecule has 0 bridgehead atoms. The molecule has 4 rings (SSSR count). The van der Waals surface area contributed by atoms with Crippen molar-refractivity contribution in [3.05, 3.63) is 57.5 Å². The summed E-state index contributed by atoms with van der Waals surface area (Å²) in [6, 6.07) is 9.84. The zero-order valence-electron chi connectivity index (χ0n) is 16.9. The Hall–Kier alpha value is -2.76. The number of hydrogen-bond acceptors (Lipinski definition) is 7. The summed E-state index contributed by atoms with van der Waals surface area (Å²) in [7, 11) is 1.61. The maximum Gasteiger partial charge on any atom is 0.387 e. The molecule has 166 valence electrons. The van der Waals surface area contributed by atoms with Gasteiger partial charge in [-0.25, -0.2) is 4.98 Å². The first-order valence-electron chi connectivity index (χ1n) is 9.38. The highest BCUT2D eigenvalue weighted by molar-refractivity contribution is 8.00. The topological polar surface area (TPSA) is 73.2 Å². The van der Waals surface area contributed by atoms with E-state index in [0.717, 1.165) is 22.2 Å². The van der Waals surface area contributed by atoms with E-state index in [9.17, 15) is 18.4 Å². The number of amides is 1. The number of rotatable bonds is 7. The van der Waals surface area contributed by atoms with E-state index in [2.05, 4.69) is 15.0 Å². The Morgan fingerprint density at radius 2 is 2.00 bits per heavy atom. The number of nitrogens with one attached hydrogen (secondary N) is 1. The van der Waals surface area contributed by atoms with Crippen molar-refractivity contribution in [2.45, 2.75) is 23.9 Å². The first-order chi connectivity index (χ1) is 15.3. The van der Waals surface area contributed by atoms with Crippen LogP contribution in [-0.4, -0.2) is 27.3 Å². The molecule has 0 spiro atoms. The molecule has 0 saturated heterocycles. The maximum atomic E-state index is 13.0. The molecule has 1 amide bonds. The van der Waals surface area contributed by atoms with Crippen LogP contribution in [0.2, 0.25) is 0 Å². The van der Waals surface area contributed by atoms with Gasteiger partial charge in [-0.3, -0.25) is 14.2 Å². The molecule has 3 aromatic heterocycles. The van der Waals surface area contributed by atoms with E-state index in [1.807, 2.05) is 22.9 Å². The van der Waals surface area contributed by atoms with E-state index in [1.54, 1.807) is 31.4 Å². The number of halogens is 2. The molecule has 3 heterocycles. The van der Waals surface area contributed by atoms with E-state index in [-0.39, 0.29) is 17.0 Å². The molecule has 1 atom stereocenters. The molecule has 0 saturated carbocycles. The molecular formula is C21H17F2N3O3S3. The van der Waals surface area contributed by atoms with Crippen molar-refractivity contribution in [3.8, 4) is 16.2 Å². The number of nitrogens with zero attached hydrogens (tertiary/aromatic N) is 2. The molecule has 0 fully saturated rings. The number of anilines is 1. The number of hydrogen-bond donors (Lipinski definition) is 1. The Kier molecular flexibility index (Phi) is 6.58. The smallest absolute Gasteiger partial charge is 0.387 e. The molecule has 0 aliphatic carbocycles. The predicted molar refractivity (Wildman–Crippen MR) is 125 cm³/mol. The first-order valence-corrected chi connectivity index (χ1v) is 12.0. The monoisotopic (exact) mass is 493 g/mol. The second-order valence-electron chi connectivity index (χ2n) is 6.69. The van der Waals surface area contributed by atoms with Crippen LogP contribution in [0.1, 0.15) is 6.92 Å². The first kappa shape index (κ1) is 22.4. The summed E-state index contributed by atoms with van der Waals surface area (Å²) in [5.74, 6) is -0.556. The number of thiophene rings is 2. The average Bonchev–Trinajstić information content (AvgIpc) is 3.42. The van der Waals surface area contributed by atoms with Gasteiger partial charge >= 0.3 is 6.61 Å². The summed E-state index contributed by atoms with van der Waals surface area (Å²) in [5, 5.41) is 6.76. The molecule has 1 N–H and O–H groups in total. The third-order valence-electron chi connectivity index (χ3n) is 4.57. The van der Waals surface area contributed by atoms with Gasteiger partial charge in [0.2, 0.25) is 5.91 Å². The van der Waals surface area contributed by atoms with Gasteiger partial charge in [0.1, 0.15) is 10.6 Å². The highest BCUT2D eigenvalue weighted by Gasteiger charge is 2.22. The van der Waals surface area contributed by atoms with Crippen LogP contribution in [0.3, 0.4) is 0 Å². The van der Waals surface area contributed by atoms with Gasteiger partial charge in [-0.05, 0) is 30.5 Å². The minimum absolute atomic E-state index is 0.125. The van der Waals surface area contributed by atoms with E-state index >= 15 is 0 Å². The summed E-state index contributed by atoms with van der Waals surface area (Å²) in [6.07, 6.45) is 0. The second-order valence-corrected chi connectivity index (χ2v) is 9.80. The summed E-state index contributed by atoms with van der Waals surface area (Å²) in [5.41, 5.74) is 0.804. The molecule has 4 aromatic rings. The van der Waals surface area contributed by atoms with Crippen LogP contribution in [0.25, 0.3) is 20.7 Å². The fourth-order valence-electron chi connectivity index (χ4n) is 2.99. The maximum absolute atomic E-state index is 13.0. The number of ether oxygens (including phenoxy) is 1. The van der Waals surface area contributed by atoms with Crippen LogP contribution in [0.15, 0.2) is 57.1 Å². The molecule has 0 radical (unpaired) electrons. The van der Waals surface area contributed by atoms with Crippen LogP contribution in [0.4, 0.5) is 14.5 Å². The highest BCUT2D eigenvalue weighted by Crippen LogP contribution is 2.35. The van der Waals surface area contributed by atoms with E-state index in [0.29, 0.717) is 15.4 Å². The third-order valence-corrected chi connectivity index (χ3v) is 7.49. The average molecular weight is 494 g/mol. The van der Waals surface area contributed by atoms with Crippen molar-refractivity contribution in [3.63, 3.8) is 0 Å². The number of para-hydroxylation sites is 2. The molecular weight excluding hydrogens is 476 g/mol. The highest BCUT2D eigenvalue weighted by atomic mass is 32.2. The van der Waals surface area contributed by atoms with E-state index in [1.165, 1.54) is 34.1 Å². The zero-order valence-corrected chi connectivity index (χ0v) is 19.3. The largest absolute Gasteiger partial charge is 0.433 e. The minimum atomic E-state index is -3.00. The fraction of sp³-hybridized carbons (Fsp3) is 0.190. The standard InChI is InChI=1S/C21H17F2N3O3S3/c1-11(17(27)24-13-6-3-4-7-14(13)29-20(22)23)32-21-25-18-16(19(28)26(21)2)12(10-31-18)15-8-5-9-30-15/h3-11,20H,1-2H3,(H,24,27). The molecule has 6 nitrogen and oxygen atoms in total. The lowest BCUT2D eigenvalue weighted by Gasteiger charge is -2.15. The molecule has 0 aliphatic heterocycles. The number of alkyl halides is 2. The molecule has 0 aliphatic rings. The third kappa shape index (κ3) is 4.54. The van der Waals surface area contributed by atoms with Gasteiger partial charge in [-0.2, -0.15) is 8.78 Å². The SMILES string of the molecule is CC(Sc1nc2scc(-c3cccs3)c2c(=O)n1C)C(=O)Nc1ccccc1OC(F)F. The van der Waals surface area contributed by atoms with Crippen LogP contribution in [0, 0.1) is 0 Å². The summed E-state index contributed by atoms with van der Waals surface area (Å²) < 4.78 is 31.1. The van der Waals surface area contributed by atoms with E-state index < -0.39 is 17.8 Å². The number of fused-ring (bicyclic) bond motifs is 1. The number of aromatic nitrogens is 2. The van der Waals surface area contributed by atoms with Crippen molar-refractivity contribution in [2.24, 2.45) is 7.05 Å². The number of carbonyl (C=O) groups excluding carboxylic acids is 1. The summed E-state index contributed by atoms with van der Waals surface area (Å²) in [4.78, 5) is 31.9. The summed E-state index contributed by atoms with van der Waals surface area (Å²) >= 11 is 4.04. The normalized spacial score (nSPS) is 12.3. The van der Waals surface area contributed by atoms with Gasteiger partial charge in [0.15, 0.2) is 5.16 Å². The van der Waals surface area contributed by atoms with Crippen LogP contribution >= 0.6 is 34.4 Å². The minimum Gasteiger partial charge on any atom is -0.433 e. The van der Waals surface area contributed by atoms with Gasteiger partial charge in [0.25, 0.3) is 5.56 Å². The van der Waals surface area contributed by atoms with Gasteiger partial charge in [0, 0.05) is 22.9 Å². The number of benzene rings is 1. The van der Waals surface area contributed by atoms with Crippen LogP contribution in [-0.2, 0) is 11.8 Å². The second kappa shape index (κ2) is 9.39. The number of carbonyl (C=O) groups is 1. The molecule has 11 heteroatoms. The Morgan fingerprint density at radius 3 is 2.72 bits per heavy atom. The van der Waals surface area contributed by atoms with Crippen molar-refractivity contribution >= 4 is 56.2 Å². The Bertz CT molecular complexity index is 1320. The lowest BCUT2D eigenvalue weighted by molar-refractivity contribution is -0.115. The van der Waals surface area contributed by atoms with Crippen LogP contribution < -0.4 is 15.6 Å². The van der Waals surface area contributed by atoms with Gasteiger partial charge in [-0.15, -0.1) is 22.7 Å². The lowest BCUT2D eigenvalue weighted by Crippen LogP contribution is -2.25. The Balaban J connectivity index is 1.57. The van der Waals surface area contributed by atoms with E-state index in [4.69, 9.17) is 0 Å². The van der Waals surface area contributed by atoms with Gasteiger partial charge < -0.3 is 10.1 Å². The van der Waals surface area contributed by atoms with Crippen molar-refractivity contribution in [2.75, 3.05) is 5.32 Å². The fourth-order valence-corrected chi connectivity index (χ4v) is 5.66. The zero-order chi connectivity index (χ0) is 22.8. The Labute approximate surface area is 193 Å². The quantitative estimate of drug-likeness (QED) is 0.274. The Morgan fingerprint density at radius 1 is 1.22 bits per heavy atom. The van der Waals surface area contributed by atoms with Gasteiger partial charge in [-0.1, -0.05) is 30.0 Å². The molecule has 1 aromatic carbocycles. The lowest BCUT2D eigenvalue weighted by atomic mass is 10.2.